The van der Waals surface area contributed by atoms with Gasteiger partial charge in [0.1, 0.15) is 0 Å². The van der Waals surface area contributed by atoms with E-state index in [9.17, 15) is 26.4 Å². The van der Waals surface area contributed by atoms with Crippen molar-refractivity contribution in [1.29, 1.82) is 0 Å². The monoisotopic (exact) mass is 332 g/mol. The summed E-state index contributed by atoms with van der Waals surface area (Å²) in [5.41, 5.74) is 0. The fraction of sp³-hybridized carbons (Fsp3) is 0.909. The standard InChI is InChI=1S/C11H19F3N2O4S/c1-2-21(19,20)16-5-3-8(4-6-16)10(18)15-7-9(17)11(12,13)14/h8-9,17H,2-7H2,1H3,(H,15,18). The fourth-order valence-corrected chi connectivity index (χ4v) is 3.17. The number of carbonyl (C=O) groups is 1. The van der Waals surface area contributed by atoms with E-state index in [0.717, 1.165) is 0 Å². The molecule has 0 aromatic carbocycles. The van der Waals surface area contributed by atoms with E-state index in [1.165, 1.54) is 11.2 Å². The molecule has 124 valence electrons. The van der Waals surface area contributed by atoms with Gasteiger partial charge in [-0.15, -0.1) is 0 Å². The summed E-state index contributed by atoms with van der Waals surface area (Å²) in [6, 6.07) is 0. The number of aliphatic hydroxyl groups is 1. The molecule has 0 aromatic heterocycles. The van der Waals surface area contributed by atoms with E-state index >= 15 is 0 Å². The minimum atomic E-state index is -4.77. The Morgan fingerprint density at radius 3 is 2.33 bits per heavy atom. The molecule has 1 atom stereocenters. The van der Waals surface area contributed by atoms with Gasteiger partial charge in [0.15, 0.2) is 6.10 Å². The third-order valence-corrected chi connectivity index (χ3v) is 5.31. The summed E-state index contributed by atoms with van der Waals surface area (Å²) in [5.74, 6) is -1.15. The number of sulfonamides is 1. The third-order valence-electron chi connectivity index (χ3n) is 3.43. The first-order valence-corrected chi connectivity index (χ1v) is 8.19. The van der Waals surface area contributed by atoms with Crippen molar-refractivity contribution in [1.82, 2.24) is 9.62 Å². The van der Waals surface area contributed by atoms with Crippen molar-refractivity contribution >= 4 is 15.9 Å². The molecule has 1 rings (SSSR count). The van der Waals surface area contributed by atoms with E-state index in [2.05, 4.69) is 0 Å². The summed E-state index contributed by atoms with van der Waals surface area (Å²) < 4.78 is 60.8. The lowest BCUT2D eigenvalue weighted by Crippen LogP contribution is -2.46. The van der Waals surface area contributed by atoms with Gasteiger partial charge in [-0.25, -0.2) is 12.7 Å². The summed E-state index contributed by atoms with van der Waals surface area (Å²) in [7, 11) is -3.30. The maximum atomic E-state index is 12.1. The number of carbonyl (C=O) groups excluding carboxylic acids is 1. The molecule has 1 heterocycles. The van der Waals surface area contributed by atoms with Crippen molar-refractivity contribution in [2.75, 3.05) is 25.4 Å². The number of aliphatic hydroxyl groups excluding tert-OH is 1. The van der Waals surface area contributed by atoms with Crippen molar-refractivity contribution < 1.29 is 31.5 Å². The molecule has 6 nitrogen and oxygen atoms in total. The molecule has 0 aromatic rings. The first kappa shape index (κ1) is 18.2. The average Bonchev–Trinajstić information content (AvgIpc) is 2.43. The molecule has 2 N–H and O–H groups in total. The Bertz CT molecular complexity index is 459. The van der Waals surface area contributed by atoms with Crippen molar-refractivity contribution in [3.8, 4) is 0 Å². The van der Waals surface area contributed by atoms with Gasteiger partial charge in [0.05, 0.1) is 12.3 Å². The summed E-state index contributed by atoms with van der Waals surface area (Å²) in [4.78, 5) is 11.7. The van der Waals surface area contributed by atoms with Gasteiger partial charge in [-0.2, -0.15) is 13.2 Å². The molecule has 1 amide bonds. The zero-order valence-corrected chi connectivity index (χ0v) is 12.4. The molecule has 1 unspecified atom stereocenters. The molecule has 0 radical (unpaired) electrons. The van der Waals surface area contributed by atoms with Gasteiger partial charge in [-0.3, -0.25) is 4.79 Å². The van der Waals surface area contributed by atoms with Crippen LogP contribution in [0.15, 0.2) is 0 Å². The topological polar surface area (TPSA) is 86.7 Å². The van der Waals surface area contributed by atoms with Crippen molar-refractivity contribution in [3.63, 3.8) is 0 Å². The molecule has 21 heavy (non-hydrogen) atoms. The van der Waals surface area contributed by atoms with Crippen LogP contribution in [0.4, 0.5) is 13.2 Å². The third kappa shape index (κ3) is 5.11. The summed E-state index contributed by atoms with van der Waals surface area (Å²) in [6.45, 7) is 0.981. The van der Waals surface area contributed by atoms with Gasteiger partial charge in [-0.05, 0) is 19.8 Å². The van der Waals surface area contributed by atoms with Gasteiger partial charge in [0.2, 0.25) is 15.9 Å². The predicted octanol–water partition coefficient (Wildman–Crippen LogP) is 0.0875. The van der Waals surface area contributed by atoms with Gasteiger partial charge in [0, 0.05) is 19.0 Å². The van der Waals surface area contributed by atoms with Crippen LogP contribution >= 0.6 is 0 Å². The van der Waals surface area contributed by atoms with Gasteiger partial charge < -0.3 is 10.4 Å². The maximum Gasteiger partial charge on any atom is 0.416 e. The van der Waals surface area contributed by atoms with Crippen LogP contribution in [0, 0.1) is 5.92 Å². The number of alkyl halides is 3. The molecule has 1 aliphatic rings. The molecule has 0 spiro atoms. The zero-order chi connectivity index (χ0) is 16.3. The van der Waals surface area contributed by atoms with Gasteiger partial charge in [0.25, 0.3) is 0 Å². The lowest BCUT2D eigenvalue weighted by Gasteiger charge is -2.30. The molecule has 0 bridgehead atoms. The van der Waals surface area contributed by atoms with Crippen LogP contribution in [0.3, 0.4) is 0 Å². The molecule has 0 saturated carbocycles. The summed E-state index contributed by atoms with van der Waals surface area (Å²) in [5, 5.41) is 10.8. The first-order chi connectivity index (χ1) is 9.58. The van der Waals surface area contributed by atoms with Crippen LogP contribution in [0.2, 0.25) is 0 Å². The number of nitrogens with zero attached hydrogens (tertiary/aromatic N) is 1. The highest BCUT2D eigenvalue weighted by atomic mass is 32.2. The normalized spacial score (nSPS) is 20.2. The molecular weight excluding hydrogens is 313 g/mol. The van der Waals surface area contributed by atoms with E-state index in [-0.39, 0.29) is 31.7 Å². The highest BCUT2D eigenvalue weighted by Gasteiger charge is 2.38. The lowest BCUT2D eigenvalue weighted by molar-refractivity contribution is -0.202. The van der Waals surface area contributed by atoms with Crippen molar-refractivity contribution in [2.45, 2.75) is 32.0 Å². The van der Waals surface area contributed by atoms with E-state index < -0.39 is 40.7 Å². The molecule has 1 aliphatic heterocycles. The van der Waals surface area contributed by atoms with E-state index in [4.69, 9.17) is 5.11 Å². The Hall–Kier alpha value is -0.870. The molecule has 0 aliphatic carbocycles. The van der Waals surface area contributed by atoms with E-state index in [1.807, 2.05) is 5.32 Å². The van der Waals surface area contributed by atoms with Gasteiger partial charge >= 0.3 is 6.18 Å². The van der Waals surface area contributed by atoms with Crippen LogP contribution in [0.25, 0.3) is 0 Å². The smallest absolute Gasteiger partial charge is 0.382 e. The van der Waals surface area contributed by atoms with Crippen LogP contribution in [0.1, 0.15) is 19.8 Å². The van der Waals surface area contributed by atoms with Crippen molar-refractivity contribution in [2.24, 2.45) is 5.92 Å². The zero-order valence-electron chi connectivity index (χ0n) is 11.6. The number of hydrogen-bond donors (Lipinski definition) is 2. The van der Waals surface area contributed by atoms with E-state index in [1.54, 1.807) is 0 Å². The van der Waals surface area contributed by atoms with Crippen LogP contribution in [-0.4, -0.2) is 61.4 Å². The highest BCUT2D eigenvalue weighted by Crippen LogP contribution is 2.21. The van der Waals surface area contributed by atoms with Crippen molar-refractivity contribution in [3.05, 3.63) is 0 Å². The number of amides is 1. The molecule has 10 heteroatoms. The largest absolute Gasteiger partial charge is 0.416 e. The van der Waals surface area contributed by atoms with Crippen LogP contribution < -0.4 is 5.32 Å². The molecular formula is C11H19F3N2O4S. The Labute approximate surface area is 121 Å². The second kappa shape index (κ2) is 6.93. The average molecular weight is 332 g/mol. The summed E-state index contributed by atoms with van der Waals surface area (Å²) in [6.07, 6.45) is -6.85. The minimum Gasteiger partial charge on any atom is -0.382 e. The maximum absolute atomic E-state index is 12.1. The Morgan fingerprint density at radius 2 is 1.90 bits per heavy atom. The van der Waals surface area contributed by atoms with E-state index in [0.29, 0.717) is 0 Å². The lowest BCUT2D eigenvalue weighted by atomic mass is 9.97. The summed E-state index contributed by atoms with van der Waals surface area (Å²) >= 11 is 0. The Morgan fingerprint density at radius 1 is 1.38 bits per heavy atom. The predicted molar refractivity (Wildman–Crippen MR) is 68.8 cm³/mol. The number of halogens is 3. The second-order valence-electron chi connectivity index (χ2n) is 4.88. The minimum absolute atomic E-state index is 0.0262. The highest BCUT2D eigenvalue weighted by molar-refractivity contribution is 7.89. The first-order valence-electron chi connectivity index (χ1n) is 6.58. The molecule has 1 fully saturated rings. The second-order valence-corrected chi connectivity index (χ2v) is 7.13. The number of nitrogens with one attached hydrogen (secondary N) is 1. The quantitative estimate of drug-likeness (QED) is 0.747. The van der Waals surface area contributed by atoms with Crippen LogP contribution in [0.5, 0.6) is 0 Å². The number of hydrogen-bond acceptors (Lipinski definition) is 4. The number of piperidine rings is 1. The van der Waals surface area contributed by atoms with Crippen LogP contribution in [-0.2, 0) is 14.8 Å². The Kier molecular flexibility index (Phi) is 6.00. The fourth-order valence-electron chi connectivity index (χ4n) is 2.04. The van der Waals surface area contributed by atoms with Gasteiger partial charge in [-0.1, -0.05) is 0 Å². The SMILES string of the molecule is CCS(=O)(=O)N1CCC(C(=O)NCC(O)C(F)(F)F)CC1. The Balaban J connectivity index is 2.43. The molecule has 1 saturated heterocycles. The number of rotatable bonds is 5.